The van der Waals surface area contributed by atoms with E-state index in [9.17, 15) is 29.7 Å². The van der Waals surface area contributed by atoms with E-state index in [1.54, 1.807) is 30.3 Å². The summed E-state index contributed by atoms with van der Waals surface area (Å²) in [4.78, 5) is 40.5. The Morgan fingerprint density at radius 2 is 1.21 bits per heavy atom. The minimum atomic E-state index is -3.07. The number of benzene rings is 3. The highest BCUT2D eigenvalue weighted by Gasteiger charge is 2.75. The molecule has 8 heteroatoms. The van der Waals surface area contributed by atoms with E-state index in [0.29, 0.717) is 0 Å². The minimum Gasteiger partial charge on any atom is -0.417 e. The molecule has 174 valence electrons. The number of rotatable bonds is 7. The second kappa shape index (κ2) is 9.28. The maximum Gasteiger partial charge on any atom is 0.341 e. The van der Waals surface area contributed by atoms with Gasteiger partial charge in [-0.1, -0.05) is 78.9 Å². The molecule has 3 aromatic carbocycles. The molecule has 1 saturated heterocycles. The molecule has 8 nitrogen and oxygen atoms in total. The molecule has 3 N–H and O–H groups in total. The van der Waals surface area contributed by atoms with E-state index in [4.69, 9.17) is 9.47 Å². The number of ketones is 2. The Morgan fingerprint density at radius 1 is 0.765 bits per heavy atom. The molecule has 34 heavy (non-hydrogen) atoms. The van der Waals surface area contributed by atoms with Crippen LogP contribution in [0.4, 0.5) is 0 Å². The van der Waals surface area contributed by atoms with Crippen LogP contribution in [-0.2, 0) is 9.47 Å². The second-order valence-electron chi connectivity index (χ2n) is 7.81. The predicted octanol–water partition coefficient (Wildman–Crippen LogP) is 1.79. The van der Waals surface area contributed by atoms with Crippen LogP contribution in [0.15, 0.2) is 91.0 Å². The zero-order chi connectivity index (χ0) is 24.3. The molecule has 0 spiro atoms. The van der Waals surface area contributed by atoms with Gasteiger partial charge >= 0.3 is 11.8 Å². The topological polar surface area (TPSA) is 130 Å². The molecule has 0 amide bonds. The lowest BCUT2D eigenvalue weighted by molar-refractivity contribution is -0.216. The highest BCUT2D eigenvalue weighted by molar-refractivity contribution is 6.13. The van der Waals surface area contributed by atoms with Crippen molar-refractivity contribution in [3.05, 3.63) is 108 Å². The first-order valence-corrected chi connectivity index (χ1v) is 10.5. The fourth-order valence-electron chi connectivity index (χ4n) is 3.98. The minimum absolute atomic E-state index is 0.0165. The molecule has 1 heterocycles. The van der Waals surface area contributed by atoms with Crippen molar-refractivity contribution >= 4 is 17.5 Å². The van der Waals surface area contributed by atoms with Crippen LogP contribution in [0, 0.1) is 0 Å². The molecule has 4 rings (SSSR count). The maximum atomic E-state index is 13.8. The first kappa shape index (κ1) is 23.5. The molecular formula is C26H22O8. The first-order valence-electron chi connectivity index (χ1n) is 10.5. The zero-order valence-electron chi connectivity index (χ0n) is 17.9. The lowest BCUT2D eigenvalue weighted by atomic mass is 9.77. The predicted molar refractivity (Wildman–Crippen MR) is 119 cm³/mol. The third-order valence-electron chi connectivity index (χ3n) is 5.74. The van der Waals surface area contributed by atoms with Gasteiger partial charge < -0.3 is 24.8 Å². The van der Waals surface area contributed by atoms with Gasteiger partial charge in [-0.15, -0.1) is 0 Å². The Morgan fingerprint density at radius 3 is 1.68 bits per heavy atom. The SMILES string of the molecule is O=C(OC1(C(=O)c2ccccc2)O[C@@H](CO)[C@H](O)[C@@]1(O)C(=O)c1ccccc1)c1ccccc1. The molecular weight excluding hydrogens is 440 g/mol. The van der Waals surface area contributed by atoms with Gasteiger partial charge in [0.05, 0.1) is 12.2 Å². The van der Waals surface area contributed by atoms with Gasteiger partial charge in [0.15, 0.2) is 0 Å². The molecule has 0 saturated carbocycles. The Kier molecular flexibility index (Phi) is 6.41. The zero-order valence-corrected chi connectivity index (χ0v) is 17.9. The van der Waals surface area contributed by atoms with E-state index in [1.807, 2.05) is 0 Å². The number of esters is 1. The molecule has 1 aliphatic heterocycles. The third-order valence-corrected chi connectivity index (χ3v) is 5.74. The standard InChI is InChI=1S/C26H22O8/c27-16-20-23(30)25(32,21(28)17-10-4-1-5-11-17)26(33-20,22(29)18-12-6-2-7-13-18)34-24(31)19-14-8-3-9-15-19/h1-15,20,23,27,30,32H,16H2/t20-,23-,25-,26?/m0/s1. The lowest BCUT2D eigenvalue weighted by Crippen LogP contribution is -2.67. The van der Waals surface area contributed by atoms with Crippen LogP contribution in [0.2, 0.25) is 0 Å². The van der Waals surface area contributed by atoms with Gasteiger partial charge in [0.1, 0.15) is 12.2 Å². The van der Waals surface area contributed by atoms with Crippen molar-refractivity contribution < 1.29 is 39.2 Å². The summed E-state index contributed by atoms with van der Waals surface area (Å²) in [5.74, 6) is -6.24. The summed E-state index contributed by atoms with van der Waals surface area (Å²) < 4.78 is 11.1. The summed E-state index contributed by atoms with van der Waals surface area (Å²) >= 11 is 0. The number of hydrogen-bond donors (Lipinski definition) is 3. The van der Waals surface area contributed by atoms with E-state index in [0.717, 1.165) is 0 Å². The van der Waals surface area contributed by atoms with Gasteiger partial charge in [-0.2, -0.15) is 0 Å². The number of hydrogen-bond acceptors (Lipinski definition) is 8. The largest absolute Gasteiger partial charge is 0.417 e. The van der Waals surface area contributed by atoms with Crippen molar-refractivity contribution in [2.24, 2.45) is 0 Å². The molecule has 0 radical (unpaired) electrons. The average molecular weight is 462 g/mol. The molecule has 1 aliphatic rings. The van der Waals surface area contributed by atoms with E-state index < -0.39 is 47.7 Å². The van der Waals surface area contributed by atoms with E-state index >= 15 is 0 Å². The molecule has 0 bridgehead atoms. The van der Waals surface area contributed by atoms with Crippen LogP contribution in [0.1, 0.15) is 31.1 Å². The van der Waals surface area contributed by atoms with E-state index in [-0.39, 0.29) is 16.7 Å². The summed E-state index contributed by atoms with van der Waals surface area (Å²) in [6, 6.07) is 22.5. The molecule has 1 fully saturated rings. The summed E-state index contributed by atoms with van der Waals surface area (Å²) in [5, 5.41) is 32.5. The van der Waals surface area contributed by atoms with Crippen LogP contribution in [0.5, 0.6) is 0 Å². The van der Waals surface area contributed by atoms with Crippen LogP contribution in [0.25, 0.3) is 0 Å². The fraction of sp³-hybridized carbons (Fsp3) is 0.192. The van der Waals surface area contributed by atoms with Crippen LogP contribution < -0.4 is 0 Å². The first-order chi connectivity index (χ1) is 16.3. The number of Topliss-reactive ketones (excluding diaryl/α,β-unsaturated/α-hetero) is 2. The van der Waals surface area contributed by atoms with E-state index in [2.05, 4.69) is 0 Å². The van der Waals surface area contributed by atoms with Crippen molar-refractivity contribution in [1.29, 1.82) is 0 Å². The van der Waals surface area contributed by atoms with Crippen LogP contribution in [-0.4, -0.2) is 63.1 Å². The van der Waals surface area contributed by atoms with Gasteiger partial charge in [0.2, 0.25) is 17.2 Å². The number of carbonyl (C=O) groups is 3. The Labute approximate surface area is 195 Å². The number of aliphatic hydroxyl groups excluding tert-OH is 2. The summed E-state index contributed by atoms with van der Waals surface area (Å²) in [6.45, 7) is -0.863. The van der Waals surface area contributed by atoms with Crippen molar-refractivity contribution in [3.8, 4) is 0 Å². The fourth-order valence-corrected chi connectivity index (χ4v) is 3.98. The van der Waals surface area contributed by atoms with Gasteiger partial charge in [-0.3, -0.25) is 9.59 Å². The third kappa shape index (κ3) is 3.72. The normalized spacial score (nSPS) is 26.1. The van der Waals surface area contributed by atoms with Crippen molar-refractivity contribution in [3.63, 3.8) is 0 Å². The van der Waals surface area contributed by atoms with Crippen LogP contribution >= 0.6 is 0 Å². The maximum absolute atomic E-state index is 13.8. The van der Waals surface area contributed by atoms with Gasteiger partial charge in [0, 0.05) is 11.1 Å². The van der Waals surface area contributed by atoms with Crippen molar-refractivity contribution in [1.82, 2.24) is 0 Å². The summed E-state index contributed by atoms with van der Waals surface area (Å²) in [6.07, 6.45) is -3.70. The monoisotopic (exact) mass is 462 g/mol. The van der Waals surface area contributed by atoms with Crippen molar-refractivity contribution in [2.45, 2.75) is 23.6 Å². The Balaban J connectivity index is 1.92. The Bertz CT molecular complexity index is 1180. The summed E-state index contributed by atoms with van der Waals surface area (Å²) in [7, 11) is 0. The molecule has 1 unspecified atom stereocenters. The Hall–Kier alpha value is -3.69. The summed E-state index contributed by atoms with van der Waals surface area (Å²) in [5.41, 5.74) is -3.16. The average Bonchev–Trinajstić information content (AvgIpc) is 3.12. The molecule has 0 aromatic heterocycles. The number of aliphatic hydroxyl groups is 3. The highest BCUT2D eigenvalue weighted by Crippen LogP contribution is 2.45. The lowest BCUT2D eigenvalue weighted by Gasteiger charge is -2.38. The van der Waals surface area contributed by atoms with Crippen molar-refractivity contribution in [2.75, 3.05) is 6.61 Å². The van der Waals surface area contributed by atoms with E-state index in [1.165, 1.54) is 60.7 Å². The molecule has 0 aliphatic carbocycles. The quantitative estimate of drug-likeness (QED) is 0.358. The highest BCUT2D eigenvalue weighted by atomic mass is 16.8. The van der Waals surface area contributed by atoms with Gasteiger partial charge in [0.25, 0.3) is 0 Å². The van der Waals surface area contributed by atoms with Gasteiger partial charge in [-0.25, -0.2) is 4.79 Å². The molecule has 4 atom stereocenters. The molecule has 3 aromatic rings. The smallest absolute Gasteiger partial charge is 0.341 e. The number of ether oxygens (including phenoxy) is 2. The number of carbonyl (C=O) groups excluding carboxylic acids is 3. The second-order valence-corrected chi connectivity index (χ2v) is 7.81. The van der Waals surface area contributed by atoms with Gasteiger partial charge in [-0.05, 0) is 12.1 Å². The van der Waals surface area contributed by atoms with Crippen LogP contribution in [0.3, 0.4) is 0 Å².